The van der Waals surface area contributed by atoms with Crippen molar-refractivity contribution in [2.45, 2.75) is 58.3 Å². The maximum atomic E-state index is 11.9. The SMILES string of the molecule is CCCCCCCCN(N)C(=O)CCc1ccccc1. The molecule has 0 aliphatic carbocycles. The topological polar surface area (TPSA) is 46.3 Å². The van der Waals surface area contributed by atoms with Crippen LogP contribution in [0.1, 0.15) is 57.4 Å². The van der Waals surface area contributed by atoms with Crippen molar-refractivity contribution in [1.29, 1.82) is 0 Å². The molecule has 0 saturated carbocycles. The Labute approximate surface area is 123 Å². The van der Waals surface area contributed by atoms with Crippen LogP contribution in [0.5, 0.6) is 0 Å². The lowest BCUT2D eigenvalue weighted by atomic mass is 10.1. The number of hydrazine groups is 1. The molecule has 1 rings (SSSR count). The van der Waals surface area contributed by atoms with E-state index in [1.54, 1.807) is 0 Å². The highest BCUT2D eigenvalue weighted by atomic mass is 16.2. The van der Waals surface area contributed by atoms with Gasteiger partial charge in [0.05, 0.1) is 0 Å². The third-order valence-corrected chi connectivity index (χ3v) is 3.54. The Morgan fingerprint density at radius 1 is 1.05 bits per heavy atom. The summed E-state index contributed by atoms with van der Waals surface area (Å²) < 4.78 is 0. The van der Waals surface area contributed by atoms with Gasteiger partial charge in [0, 0.05) is 13.0 Å². The summed E-state index contributed by atoms with van der Waals surface area (Å²) in [6.45, 7) is 2.90. The fraction of sp³-hybridized carbons (Fsp3) is 0.588. The maximum absolute atomic E-state index is 11.9. The summed E-state index contributed by atoms with van der Waals surface area (Å²) in [6, 6.07) is 10.1. The number of nitrogens with zero attached hydrogens (tertiary/aromatic N) is 1. The summed E-state index contributed by atoms with van der Waals surface area (Å²) >= 11 is 0. The second-order valence-electron chi connectivity index (χ2n) is 5.34. The van der Waals surface area contributed by atoms with Crippen LogP contribution in [0.25, 0.3) is 0 Å². The molecule has 20 heavy (non-hydrogen) atoms. The number of amides is 1. The van der Waals surface area contributed by atoms with Crippen LogP contribution in [-0.2, 0) is 11.2 Å². The Kier molecular flexibility index (Phi) is 8.72. The van der Waals surface area contributed by atoms with Crippen molar-refractivity contribution in [2.75, 3.05) is 6.54 Å². The highest BCUT2D eigenvalue weighted by Gasteiger charge is 2.08. The first-order chi connectivity index (χ1) is 9.74. The number of hydrogen-bond acceptors (Lipinski definition) is 2. The fourth-order valence-corrected chi connectivity index (χ4v) is 2.23. The van der Waals surface area contributed by atoms with E-state index in [0.29, 0.717) is 13.0 Å². The van der Waals surface area contributed by atoms with Crippen LogP contribution in [0.15, 0.2) is 30.3 Å². The highest BCUT2D eigenvalue weighted by molar-refractivity contribution is 5.75. The molecule has 3 heteroatoms. The van der Waals surface area contributed by atoms with Gasteiger partial charge in [0.2, 0.25) is 5.91 Å². The normalized spacial score (nSPS) is 10.5. The summed E-state index contributed by atoms with van der Waals surface area (Å²) in [7, 11) is 0. The zero-order valence-electron chi connectivity index (χ0n) is 12.7. The minimum atomic E-state index is 0.0439. The van der Waals surface area contributed by atoms with E-state index < -0.39 is 0 Å². The lowest BCUT2D eigenvalue weighted by molar-refractivity contribution is -0.131. The van der Waals surface area contributed by atoms with E-state index in [4.69, 9.17) is 5.84 Å². The zero-order chi connectivity index (χ0) is 14.6. The first-order valence-electron chi connectivity index (χ1n) is 7.83. The molecule has 0 saturated heterocycles. The number of carbonyl (C=O) groups excluding carboxylic acids is 1. The summed E-state index contributed by atoms with van der Waals surface area (Å²) in [4.78, 5) is 11.9. The van der Waals surface area contributed by atoms with Crippen molar-refractivity contribution in [1.82, 2.24) is 5.01 Å². The van der Waals surface area contributed by atoms with E-state index in [0.717, 1.165) is 12.8 Å². The van der Waals surface area contributed by atoms with E-state index in [9.17, 15) is 4.79 Å². The molecule has 1 amide bonds. The Morgan fingerprint density at radius 2 is 1.70 bits per heavy atom. The third kappa shape index (κ3) is 7.29. The van der Waals surface area contributed by atoms with E-state index >= 15 is 0 Å². The number of hydrogen-bond donors (Lipinski definition) is 1. The Bertz CT molecular complexity index is 365. The van der Waals surface area contributed by atoms with Gasteiger partial charge in [-0.15, -0.1) is 0 Å². The molecule has 2 N–H and O–H groups in total. The average Bonchev–Trinajstić information content (AvgIpc) is 2.49. The lowest BCUT2D eigenvalue weighted by Crippen LogP contribution is -2.38. The number of nitrogens with two attached hydrogens (primary N) is 1. The second-order valence-corrected chi connectivity index (χ2v) is 5.34. The van der Waals surface area contributed by atoms with E-state index in [1.165, 1.54) is 42.7 Å². The number of carbonyl (C=O) groups is 1. The van der Waals surface area contributed by atoms with Crippen LogP contribution in [0.2, 0.25) is 0 Å². The first kappa shape index (κ1) is 16.7. The molecule has 0 atom stereocenters. The van der Waals surface area contributed by atoms with Gasteiger partial charge in [0.25, 0.3) is 0 Å². The average molecular weight is 276 g/mol. The standard InChI is InChI=1S/C17H28N2O/c1-2-3-4-5-6-10-15-19(18)17(20)14-13-16-11-8-7-9-12-16/h7-9,11-12H,2-6,10,13-15,18H2,1H3. The van der Waals surface area contributed by atoms with Crippen molar-refractivity contribution in [3.8, 4) is 0 Å². The third-order valence-electron chi connectivity index (χ3n) is 3.54. The van der Waals surface area contributed by atoms with Gasteiger partial charge in [-0.1, -0.05) is 69.4 Å². The fourth-order valence-electron chi connectivity index (χ4n) is 2.23. The molecule has 0 aliphatic rings. The molecule has 0 fully saturated rings. The molecule has 112 valence electrons. The molecule has 3 nitrogen and oxygen atoms in total. The monoisotopic (exact) mass is 276 g/mol. The van der Waals surface area contributed by atoms with E-state index in [2.05, 4.69) is 6.92 Å². The van der Waals surface area contributed by atoms with Gasteiger partial charge >= 0.3 is 0 Å². The zero-order valence-corrected chi connectivity index (χ0v) is 12.7. The lowest BCUT2D eigenvalue weighted by Gasteiger charge is -2.16. The van der Waals surface area contributed by atoms with Gasteiger partial charge in [0.15, 0.2) is 0 Å². The summed E-state index contributed by atoms with van der Waals surface area (Å²) in [5.74, 6) is 5.85. The molecule has 0 bridgehead atoms. The predicted molar refractivity (Wildman–Crippen MR) is 84.0 cm³/mol. The van der Waals surface area contributed by atoms with Crippen molar-refractivity contribution in [3.05, 3.63) is 35.9 Å². The Hall–Kier alpha value is -1.35. The highest BCUT2D eigenvalue weighted by Crippen LogP contribution is 2.07. The quantitative estimate of drug-likeness (QED) is 0.307. The largest absolute Gasteiger partial charge is 0.281 e. The molecular formula is C17H28N2O. The molecule has 0 aromatic heterocycles. The minimum Gasteiger partial charge on any atom is -0.281 e. The second kappa shape index (κ2) is 10.4. The van der Waals surface area contributed by atoms with Crippen molar-refractivity contribution in [3.63, 3.8) is 0 Å². The van der Waals surface area contributed by atoms with Crippen molar-refractivity contribution >= 4 is 5.91 Å². The predicted octanol–water partition coefficient (Wildman–Crippen LogP) is 3.68. The van der Waals surface area contributed by atoms with Gasteiger partial charge in [-0.3, -0.25) is 9.80 Å². The van der Waals surface area contributed by atoms with E-state index in [-0.39, 0.29) is 5.91 Å². The Morgan fingerprint density at radius 3 is 2.40 bits per heavy atom. The molecule has 0 spiro atoms. The van der Waals surface area contributed by atoms with Crippen LogP contribution >= 0.6 is 0 Å². The van der Waals surface area contributed by atoms with Crippen LogP contribution in [-0.4, -0.2) is 17.5 Å². The van der Waals surface area contributed by atoms with Crippen molar-refractivity contribution < 1.29 is 4.79 Å². The maximum Gasteiger partial charge on any atom is 0.236 e. The number of rotatable bonds is 10. The molecule has 0 radical (unpaired) electrons. The number of benzene rings is 1. The molecule has 1 aromatic rings. The molecule has 0 unspecified atom stereocenters. The van der Waals surface area contributed by atoms with Gasteiger partial charge in [-0.05, 0) is 18.4 Å². The number of aryl methyl sites for hydroxylation is 1. The van der Waals surface area contributed by atoms with Gasteiger partial charge in [-0.2, -0.15) is 0 Å². The van der Waals surface area contributed by atoms with Gasteiger partial charge in [-0.25, -0.2) is 5.84 Å². The minimum absolute atomic E-state index is 0.0439. The van der Waals surface area contributed by atoms with E-state index in [1.807, 2.05) is 30.3 Å². The molecule has 0 aliphatic heterocycles. The summed E-state index contributed by atoms with van der Waals surface area (Å²) in [5, 5.41) is 1.39. The Balaban J connectivity index is 2.10. The van der Waals surface area contributed by atoms with Gasteiger partial charge < -0.3 is 0 Å². The smallest absolute Gasteiger partial charge is 0.236 e. The summed E-state index contributed by atoms with van der Waals surface area (Å²) in [5.41, 5.74) is 1.19. The summed E-state index contributed by atoms with van der Waals surface area (Å²) in [6.07, 6.45) is 8.56. The van der Waals surface area contributed by atoms with Crippen LogP contribution in [0, 0.1) is 0 Å². The van der Waals surface area contributed by atoms with Gasteiger partial charge in [0.1, 0.15) is 0 Å². The first-order valence-corrected chi connectivity index (χ1v) is 7.83. The van der Waals surface area contributed by atoms with Crippen molar-refractivity contribution in [2.24, 2.45) is 5.84 Å². The molecule has 1 aromatic carbocycles. The molecule has 0 heterocycles. The van der Waals surface area contributed by atoms with Crippen LogP contribution in [0.4, 0.5) is 0 Å². The van der Waals surface area contributed by atoms with Crippen LogP contribution in [0.3, 0.4) is 0 Å². The van der Waals surface area contributed by atoms with Crippen LogP contribution < -0.4 is 5.84 Å². The molecular weight excluding hydrogens is 248 g/mol. The number of unbranched alkanes of at least 4 members (excludes halogenated alkanes) is 5.